The molecule has 1 aliphatic rings. The van der Waals surface area contributed by atoms with Gasteiger partial charge in [-0.05, 0) is 43.5 Å². The van der Waals surface area contributed by atoms with Crippen LogP contribution in [-0.2, 0) is 4.79 Å². The Balaban J connectivity index is 1.59. The van der Waals surface area contributed by atoms with Crippen LogP contribution in [0.2, 0.25) is 0 Å². The Hall–Kier alpha value is -2.77. The van der Waals surface area contributed by atoms with Crippen LogP contribution >= 0.6 is 0 Å². The number of aromatic nitrogens is 2. The van der Waals surface area contributed by atoms with Crippen molar-refractivity contribution in [3.8, 4) is 5.75 Å². The van der Waals surface area contributed by atoms with Gasteiger partial charge in [0.15, 0.2) is 5.82 Å². The number of amides is 1. The van der Waals surface area contributed by atoms with Crippen LogP contribution in [0.15, 0.2) is 34.9 Å². The van der Waals surface area contributed by atoms with Gasteiger partial charge in [0.1, 0.15) is 5.75 Å². The van der Waals surface area contributed by atoms with Gasteiger partial charge in [-0.2, -0.15) is 13.8 Å². The molecule has 26 heavy (non-hydrogen) atoms. The zero-order valence-electron chi connectivity index (χ0n) is 14.3. The smallest absolute Gasteiger partial charge is 0.387 e. The van der Waals surface area contributed by atoms with E-state index in [4.69, 9.17) is 4.52 Å². The van der Waals surface area contributed by atoms with Gasteiger partial charge in [0, 0.05) is 19.2 Å². The summed E-state index contributed by atoms with van der Waals surface area (Å²) in [7, 11) is 0. The van der Waals surface area contributed by atoms with Crippen molar-refractivity contribution in [3.63, 3.8) is 0 Å². The molecule has 1 aromatic heterocycles. The van der Waals surface area contributed by atoms with Crippen LogP contribution in [0.5, 0.6) is 5.75 Å². The fourth-order valence-corrected chi connectivity index (χ4v) is 2.89. The highest BCUT2D eigenvalue weighted by atomic mass is 19.3. The van der Waals surface area contributed by atoms with Gasteiger partial charge in [0.2, 0.25) is 11.8 Å². The Bertz CT molecular complexity index is 774. The molecule has 3 rings (SSSR count). The average Bonchev–Trinajstić information content (AvgIpc) is 3.07. The highest BCUT2D eigenvalue weighted by Crippen LogP contribution is 2.26. The molecule has 0 unspecified atom stereocenters. The summed E-state index contributed by atoms with van der Waals surface area (Å²) in [5, 5.41) is 3.80. The van der Waals surface area contributed by atoms with E-state index in [1.54, 1.807) is 30.0 Å². The van der Waals surface area contributed by atoms with Gasteiger partial charge in [-0.3, -0.25) is 4.79 Å². The lowest BCUT2D eigenvalue weighted by atomic mass is 9.98. The molecule has 1 aromatic carbocycles. The Morgan fingerprint density at radius 3 is 2.81 bits per heavy atom. The lowest BCUT2D eigenvalue weighted by Crippen LogP contribution is -2.38. The lowest BCUT2D eigenvalue weighted by molar-refractivity contribution is -0.127. The van der Waals surface area contributed by atoms with Gasteiger partial charge in [-0.1, -0.05) is 17.3 Å². The van der Waals surface area contributed by atoms with Crippen LogP contribution in [0.1, 0.15) is 36.0 Å². The number of hydrogen-bond donors (Lipinski definition) is 0. The number of hydrogen-bond acceptors (Lipinski definition) is 5. The molecule has 0 bridgehead atoms. The maximum absolute atomic E-state index is 12.4. The van der Waals surface area contributed by atoms with Crippen LogP contribution in [-0.4, -0.2) is 40.6 Å². The third-order valence-electron chi connectivity index (χ3n) is 4.15. The topological polar surface area (TPSA) is 68.5 Å². The standard InChI is InChI=1S/C18H19F2N3O3/c1-12-21-17(26-22-12)14-3-2-10-23(11-14)16(24)9-6-13-4-7-15(8-5-13)25-18(19)20/h4-9,14,18H,2-3,10-11H2,1H3/b9-6+/t14-/m1/s1. The van der Waals surface area contributed by atoms with Crippen LogP contribution < -0.4 is 4.74 Å². The first kappa shape index (κ1) is 18.0. The molecule has 138 valence electrons. The molecule has 1 amide bonds. The number of alkyl halides is 2. The van der Waals surface area contributed by atoms with E-state index in [9.17, 15) is 13.6 Å². The summed E-state index contributed by atoms with van der Waals surface area (Å²) in [4.78, 5) is 18.4. The molecule has 2 heterocycles. The van der Waals surface area contributed by atoms with Crippen LogP contribution in [0, 0.1) is 6.92 Å². The van der Waals surface area contributed by atoms with E-state index < -0.39 is 6.61 Å². The number of piperidine rings is 1. The van der Waals surface area contributed by atoms with E-state index >= 15 is 0 Å². The molecule has 0 N–H and O–H groups in total. The van der Waals surface area contributed by atoms with Crippen molar-refractivity contribution in [2.45, 2.75) is 32.3 Å². The molecule has 1 atom stereocenters. The number of rotatable bonds is 5. The van der Waals surface area contributed by atoms with Crippen molar-refractivity contribution < 1.29 is 22.8 Å². The summed E-state index contributed by atoms with van der Waals surface area (Å²) in [6.45, 7) is 0.117. The maximum Gasteiger partial charge on any atom is 0.387 e. The van der Waals surface area contributed by atoms with Gasteiger partial charge >= 0.3 is 6.61 Å². The normalized spacial score (nSPS) is 17.8. The van der Waals surface area contributed by atoms with Crippen molar-refractivity contribution in [2.24, 2.45) is 0 Å². The Morgan fingerprint density at radius 1 is 1.38 bits per heavy atom. The molecule has 8 heteroatoms. The number of benzene rings is 1. The third-order valence-corrected chi connectivity index (χ3v) is 4.15. The first-order valence-corrected chi connectivity index (χ1v) is 8.33. The van der Waals surface area contributed by atoms with Crippen LogP contribution in [0.25, 0.3) is 6.08 Å². The second-order valence-corrected chi connectivity index (χ2v) is 6.08. The van der Waals surface area contributed by atoms with Crippen molar-refractivity contribution in [2.75, 3.05) is 13.1 Å². The van der Waals surface area contributed by atoms with E-state index in [0.717, 1.165) is 18.4 Å². The monoisotopic (exact) mass is 363 g/mol. The van der Waals surface area contributed by atoms with Crippen molar-refractivity contribution >= 4 is 12.0 Å². The van der Waals surface area contributed by atoms with Gasteiger partial charge in [0.05, 0.1) is 5.92 Å². The minimum absolute atomic E-state index is 0.0491. The number of nitrogens with zero attached hydrogens (tertiary/aromatic N) is 3. The van der Waals surface area contributed by atoms with E-state index in [0.29, 0.717) is 24.8 Å². The Kier molecular flexibility index (Phi) is 5.60. The number of carbonyl (C=O) groups excluding carboxylic acids is 1. The van der Waals surface area contributed by atoms with Gasteiger partial charge in [-0.25, -0.2) is 0 Å². The Morgan fingerprint density at radius 2 is 2.15 bits per heavy atom. The van der Waals surface area contributed by atoms with E-state index in [2.05, 4.69) is 14.9 Å². The molecule has 1 saturated heterocycles. The fourth-order valence-electron chi connectivity index (χ4n) is 2.89. The average molecular weight is 363 g/mol. The fraction of sp³-hybridized carbons (Fsp3) is 0.389. The minimum atomic E-state index is -2.85. The third kappa shape index (κ3) is 4.65. The maximum atomic E-state index is 12.4. The summed E-state index contributed by atoms with van der Waals surface area (Å²) in [5.41, 5.74) is 0.723. The number of aryl methyl sites for hydroxylation is 1. The summed E-state index contributed by atoms with van der Waals surface area (Å²) in [6, 6.07) is 6.10. The molecule has 6 nitrogen and oxygen atoms in total. The van der Waals surface area contributed by atoms with Crippen molar-refractivity contribution in [1.82, 2.24) is 15.0 Å². The summed E-state index contributed by atoms with van der Waals surface area (Å²) in [6.07, 6.45) is 4.89. The van der Waals surface area contributed by atoms with Crippen molar-refractivity contribution in [3.05, 3.63) is 47.6 Å². The molecular formula is C18H19F2N3O3. The molecule has 0 spiro atoms. The minimum Gasteiger partial charge on any atom is -0.435 e. The van der Waals surface area contributed by atoms with Gasteiger partial charge in [-0.15, -0.1) is 0 Å². The van der Waals surface area contributed by atoms with Crippen molar-refractivity contribution in [1.29, 1.82) is 0 Å². The summed E-state index contributed by atoms with van der Waals surface area (Å²) in [5.74, 6) is 1.17. The predicted octanol–water partition coefficient (Wildman–Crippen LogP) is 3.40. The lowest BCUT2D eigenvalue weighted by Gasteiger charge is -2.30. The zero-order chi connectivity index (χ0) is 18.5. The molecule has 1 fully saturated rings. The highest BCUT2D eigenvalue weighted by molar-refractivity contribution is 5.91. The number of halogens is 2. The molecule has 0 aliphatic carbocycles. The summed E-state index contributed by atoms with van der Waals surface area (Å²) >= 11 is 0. The largest absolute Gasteiger partial charge is 0.435 e. The van der Waals surface area contributed by atoms with E-state index in [1.165, 1.54) is 18.2 Å². The van der Waals surface area contributed by atoms with E-state index in [1.807, 2.05) is 0 Å². The second-order valence-electron chi connectivity index (χ2n) is 6.08. The number of ether oxygens (including phenoxy) is 1. The molecule has 1 aliphatic heterocycles. The first-order chi connectivity index (χ1) is 12.5. The molecule has 0 radical (unpaired) electrons. The summed E-state index contributed by atoms with van der Waals surface area (Å²) < 4.78 is 33.8. The zero-order valence-corrected chi connectivity index (χ0v) is 14.3. The van der Waals surface area contributed by atoms with Crippen LogP contribution in [0.3, 0.4) is 0 Å². The number of likely N-dealkylation sites (tertiary alicyclic amines) is 1. The molecular weight excluding hydrogens is 344 g/mol. The molecule has 2 aromatic rings. The van der Waals surface area contributed by atoms with Crippen LogP contribution in [0.4, 0.5) is 8.78 Å². The SMILES string of the molecule is Cc1noc([C@@H]2CCCN(C(=O)/C=C/c3ccc(OC(F)F)cc3)C2)n1. The predicted molar refractivity (Wildman–Crippen MR) is 89.7 cm³/mol. The molecule has 0 saturated carbocycles. The van der Waals surface area contributed by atoms with Gasteiger partial charge < -0.3 is 14.2 Å². The quantitative estimate of drug-likeness (QED) is 0.762. The first-order valence-electron chi connectivity index (χ1n) is 8.33. The Labute approximate surface area is 149 Å². The van der Waals surface area contributed by atoms with Gasteiger partial charge in [0.25, 0.3) is 0 Å². The van der Waals surface area contributed by atoms with E-state index in [-0.39, 0.29) is 17.6 Å². The highest BCUT2D eigenvalue weighted by Gasteiger charge is 2.27. The second kappa shape index (κ2) is 8.07. The number of carbonyl (C=O) groups is 1.